The Morgan fingerprint density at radius 2 is 2.00 bits per heavy atom. The summed E-state index contributed by atoms with van der Waals surface area (Å²) in [6.07, 6.45) is 4.35. The molecule has 1 aromatic heterocycles. The van der Waals surface area contributed by atoms with E-state index < -0.39 is 16.0 Å². The van der Waals surface area contributed by atoms with Crippen LogP contribution in [-0.4, -0.2) is 24.7 Å². The molecule has 1 fully saturated rings. The monoisotopic (exact) mass is 287 g/mol. The van der Waals surface area contributed by atoms with Crippen LogP contribution in [0.2, 0.25) is 0 Å². The summed E-state index contributed by atoms with van der Waals surface area (Å²) < 4.78 is 31.5. The maximum atomic E-state index is 12.0. The molecule has 1 aromatic rings. The van der Waals surface area contributed by atoms with Gasteiger partial charge in [-0.2, -0.15) is 0 Å². The molecule has 0 unspecified atom stereocenters. The van der Waals surface area contributed by atoms with Crippen LogP contribution in [0, 0.1) is 0 Å². The number of aromatic carboxylic acids is 1. The van der Waals surface area contributed by atoms with Crippen LogP contribution in [0.5, 0.6) is 0 Å². The zero-order valence-corrected chi connectivity index (χ0v) is 11.3. The van der Waals surface area contributed by atoms with Gasteiger partial charge < -0.3 is 9.52 Å². The van der Waals surface area contributed by atoms with Crippen molar-refractivity contribution < 1.29 is 22.7 Å². The Hall–Kier alpha value is -1.34. The van der Waals surface area contributed by atoms with Gasteiger partial charge in [0.05, 0.1) is 11.8 Å². The molecule has 0 saturated heterocycles. The Labute approximate surface area is 111 Å². The SMILES string of the molecule is O=C(O)c1ccc(CNS(=O)(=O)C2CCCCC2)o1. The number of carboxylic acids is 1. The van der Waals surface area contributed by atoms with Gasteiger partial charge in [-0.25, -0.2) is 17.9 Å². The minimum atomic E-state index is -3.35. The summed E-state index contributed by atoms with van der Waals surface area (Å²) in [6, 6.07) is 2.78. The fourth-order valence-corrected chi connectivity index (χ4v) is 3.79. The van der Waals surface area contributed by atoms with Gasteiger partial charge in [0.2, 0.25) is 15.8 Å². The summed E-state index contributed by atoms with van der Waals surface area (Å²) >= 11 is 0. The largest absolute Gasteiger partial charge is 0.475 e. The highest BCUT2D eigenvalue weighted by Crippen LogP contribution is 2.23. The van der Waals surface area contributed by atoms with Crippen molar-refractivity contribution in [2.24, 2.45) is 0 Å². The van der Waals surface area contributed by atoms with Crippen LogP contribution in [-0.2, 0) is 16.6 Å². The highest BCUT2D eigenvalue weighted by atomic mass is 32.2. The van der Waals surface area contributed by atoms with Crippen LogP contribution in [0.1, 0.15) is 48.4 Å². The predicted octanol–water partition coefficient (Wildman–Crippen LogP) is 1.73. The van der Waals surface area contributed by atoms with E-state index in [1.165, 1.54) is 12.1 Å². The first-order chi connectivity index (χ1) is 8.99. The van der Waals surface area contributed by atoms with Gasteiger partial charge in [-0.15, -0.1) is 0 Å². The molecule has 2 rings (SSSR count). The minimum absolute atomic E-state index is 0.00782. The summed E-state index contributed by atoms with van der Waals surface area (Å²) in [4.78, 5) is 10.6. The molecule has 0 atom stereocenters. The Morgan fingerprint density at radius 3 is 2.58 bits per heavy atom. The lowest BCUT2D eigenvalue weighted by molar-refractivity contribution is 0.0660. The third-order valence-electron chi connectivity index (χ3n) is 3.31. The third-order valence-corrected chi connectivity index (χ3v) is 5.21. The summed E-state index contributed by atoms with van der Waals surface area (Å²) in [5.41, 5.74) is 0. The highest BCUT2D eigenvalue weighted by molar-refractivity contribution is 7.90. The predicted molar refractivity (Wildman–Crippen MR) is 68.3 cm³/mol. The zero-order valence-electron chi connectivity index (χ0n) is 10.5. The van der Waals surface area contributed by atoms with E-state index in [0.29, 0.717) is 18.6 Å². The molecule has 0 amide bonds. The first kappa shape index (κ1) is 14.1. The van der Waals surface area contributed by atoms with Crippen LogP contribution < -0.4 is 4.72 Å². The van der Waals surface area contributed by atoms with Gasteiger partial charge in [0.1, 0.15) is 5.76 Å². The maximum Gasteiger partial charge on any atom is 0.371 e. The van der Waals surface area contributed by atoms with Gasteiger partial charge >= 0.3 is 5.97 Å². The van der Waals surface area contributed by atoms with Gasteiger partial charge in [-0.05, 0) is 25.0 Å². The van der Waals surface area contributed by atoms with Crippen molar-refractivity contribution in [1.29, 1.82) is 0 Å². The first-order valence-electron chi connectivity index (χ1n) is 6.29. The Balaban J connectivity index is 1.94. The number of sulfonamides is 1. The van der Waals surface area contributed by atoms with Crippen LogP contribution in [0.3, 0.4) is 0 Å². The van der Waals surface area contributed by atoms with Gasteiger partial charge in [-0.3, -0.25) is 0 Å². The molecule has 1 heterocycles. The first-order valence-corrected chi connectivity index (χ1v) is 7.84. The van der Waals surface area contributed by atoms with E-state index in [1.54, 1.807) is 0 Å². The van der Waals surface area contributed by atoms with Crippen molar-refractivity contribution in [3.05, 3.63) is 23.7 Å². The molecule has 2 N–H and O–H groups in total. The van der Waals surface area contributed by atoms with Gasteiger partial charge in [-0.1, -0.05) is 19.3 Å². The third kappa shape index (κ3) is 3.57. The molecule has 6 nitrogen and oxygen atoms in total. The van der Waals surface area contributed by atoms with E-state index in [4.69, 9.17) is 9.52 Å². The van der Waals surface area contributed by atoms with E-state index in [1.807, 2.05) is 0 Å². The number of hydrogen-bond donors (Lipinski definition) is 2. The second-order valence-corrected chi connectivity index (χ2v) is 6.74. The molecular weight excluding hydrogens is 270 g/mol. The average molecular weight is 287 g/mol. The quantitative estimate of drug-likeness (QED) is 0.859. The molecule has 0 bridgehead atoms. The number of carbonyl (C=O) groups is 1. The zero-order chi connectivity index (χ0) is 13.9. The van der Waals surface area contributed by atoms with Gasteiger partial charge in [0.15, 0.2) is 0 Å². The molecule has 19 heavy (non-hydrogen) atoms. The fourth-order valence-electron chi connectivity index (χ4n) is 2.25. The molecule has 106 valence electrons. The molecule has 1 aliphatic rings. The van der Waals surface area contributed by atoms with Crippen LogP contribution in [0.4, 0.5) is 0 Å². The van der Waals surface area contributed by atoms with Crippen molar-refractivity contribution in [2.45, 2.75) is 43.9 Å². The highest BCUT2D eigenvalue weighted by Gasteiger charge is 2.27. The molecule has 0 spiro atoms. The topological polar surface area (TPSA) is 96.6 Å². The normalized spacial score (nSPS) is 17.5. The van der Waals surface area contributed by atoms with Gasteiger partial charge in [0, 0.05) is 0 Å². The van der Waals surface area contributed by atoms with Crippen molar-refractivity contribution in [1.82, 2.24) is 4.72 Å². The number of carboxylic acid groups (broad SMARTS) is 1. The Bertz CT molecular complexity index is 542. The lowest BCUT2D eigenvalue weighted by Crippen LogP contribution is -2.35. The molecule has 1 saturated carbocycles. The van der Waals surface area contributed by atoms with E-state index in [-0.39, 0.29) is 17.6 Å². The molecule has 7 heteroatoms. The molecular formula is C12H17NO5S. The van der Waals surface area contributed by atoms with E-state index in [2.05, 4.69) is 4.72 Å². The fraction of sp³-hybridized carbons (Fsp3) is 0.583. The minimum Gasteiger partial charge on any atom is -0.475 e. The maximum absolute atomic E-state index is 12.0. The lowest BCUT2D eigenvalue weighted by atomic mass is 10.0. The van der Waals surface area contributed by atoms with Crippen LogP contribution >= 0.6 is 0 Å². The van der Waals surface area contributed by atoms with Crippen molar-refractivity contribution in [2.75, 3.05) is 0 Å². The number of hydrogen-bond acceptors (Lipinski definition) is 4. The average Bonchev–Trinajstić information content (AvgIpc) is 2.87. The van der Waals surface area contributed by atoms with Crippen molar-refractivity contribution in [3.63, 3.8) is 0 Å². The Morgan fingerprint density at radius 1 is 1.32 bits per heavy atom. The Kier molecular flexibility index (Phi) is 4.26. The van der Waals surface area contributed by atoms with E-state index in [9.17, 15) is 13.2 Å². The standard InChI is InChI=1S/C12H17NO5S/c14-12(15)11-7-6-9(18-11)8-13-19(16,17)10-4-2-1-3-5-10/h6-7,10,13H,1-5,8H2,(H,14,15). The second-order valence-electron chi connectivity index (χ2n) is 4.70. The van der Waals surface area contributed by atoms with Crippen LogP contribution in [0.25, 0.3) is 0 Å². The lowest BCUT2D eigenvalue weighted by Gasteiger charge is -2.21. The second kappa shape index (κ2) is 5.75. The van der Waals surface area contributed by atoms with Crippen molar-refractivity contribution in [3.8, 4) is 0 Å². The molecule has 1 aliphatic carbocycles. The van der Waals surface area contributed by atoms with E-state index in [0.717, 1.165) is 19.3 Å². The van der Waals surface area contributed by atoms with Crippen LogP contribution in [0.15, 0.2) is 16.5 Å². The summed E-state index contributed by atoms with van der Waals surface area (Å²) in [5.74, 6) is -1.05. The molecule has 0 aliphatic heterocycles. The number of furan rings is 1. The summed E-state index contributed by atoms with van der Waals surface area (Å²) in [7, 11) is -3.35. The summed E-state index contributed by atoms with van der Waals surface area (Å²) in [5, 5.41) is 8.36. The number of rotatable bonds is 5. The molecule has 0 aromatic carbocycles. The summed E-state index contributed by atoms with van der Waals surface area (Å²) in [6.45, 7) is -0.00782. The van der Waals surface area contributed by atoms with E-state index >= 15 is 0 Å². The smallest absolute Gasteiger partial charge is 0.371 e. The molecule has 0 radical (unpaired) electrons. The van der Waals surface area contributed by atoms with Crippen molar-refractivity contribution >= 4 is 16.0 Å². The number of nitrogens with one attached hydrogen (secondary N) is 1. The van der Waals surface area contributed by atoms with Gasteiger partial charge in [0.25, 0.3) is 0 Å².